The molecule has 1 amide bonds. The van der Waals surface area contributed by atoms with Crippen LogP contribution >= 0.6 is 43.5 Å². The highest BCUT2D eigenvalue weighted by Crippen LogP contribution is 2.37. The van der Waals surface area contributed by atoms with Gasteiger partial charge in [-0.1, -0.05) is 11.6 Å². The van der Waals surface area contributed by atoms with Gasteiger partial charge >= 0.3 is 6.18 Å². The van der Waals surface area contributed by atoms with E-state index in [2.05, 4.69) is 47.1 Å². The molecule has 0 aliphatic carbocycles. The Hall–Kier alpha value is -2.89. The smallest absolute Gasteiger partial charge is 0.417 e. The zero-order valence-electron chi connectivity index (χ0n) is 16.8. The van der Waals surface area contributed by atoms with Crippen molar-refractivity contribution in [1.82, 2.24) is 14.5 Å². The quantitative estimate of drug-likeness (QED) is 0.236. The Morgan fingerprint density at radius 1 is 1.06 bits per heavy atom. The third-order valence-electron chi connectivity index (χ3n) is 4.51. The summed E-state index contributed by atoms with van der Waals surface area (Å²) in [6, 6.07) is 10.7. The average Bonchev–Trinajstić information content (AvgIpc) is 3.30. The van der Waals surface area contributed by atoms with Gasteiger partial charge in [0, 0.05) is 34.9 Å². The maximum Gasteiger partial charge on any atom is 0.417 e. The van der Waals surface area contributed by atoms with Crippen LogP contribution in [0.15, 0.2) is 76.3 Å². The van der Waals surface area contributed by atoms with E-state index in [0.717, 1.165) is 6.07 Å². The van der Waals surface area contributed by atoms with E-state index in [9.17, 15) is 18.0 Å². The average molecular weight is 617 g/mol. The van der Waals surface area contributed by atoms with Gasteiger partial charge in [0.25, 0.3) is 5.91 Å². The van der Waals surface area contributed by atoms with Crippen LogP contribution in [0.3, 0.4) is 0 Å². The van der Waals surface area contributed by atoms with Crippen molar-refractivity contribution in [2.24, 2.45) is 0 Å². The van der Waals surface area contributed by atoms with Crippen molar-refractivity contribution in [3.8, 4) is 17.3 Å². The lowest BCUT2D eigenvalue weighted by Gasteiger charge is -2.15. The molecule has 0 unspecified atom stereocenters. The topological polar surface area (TPSA) is 69.0 Å². The normalized spacial score (nSPS) is 11.4. The highest BCUT2D eigenvalue weighted by Gasteiger charge is 2.32. The fourth-order valence-electron chi connectivity index (χ4n) is 2.91. The number of ether oxygens (including phenoxy) is 1. The summed E-state index contributed by atoms with van der Waals surface area (Å²) in [6.45, 7) is 0. The lowest BCUT2D eigenvalue weighted by atomic mass is 10.2. The van der Waals surface area contributed by atoms with Gasteiger partial charge in [0.1, 0.15) is 9.63 Å². The summed E-state index contributed by atoms with van der Waals surface area (Å²) in [5.74, 6) is -0.328. The Morgan fingerprint density at radius 3 is 2.44 bits per heavy atom. The van der Waals surface area contributed by atoms with E-state index in [4.69, 9.17) is 16.3 Å². The van der Waals surface area contributed by atoms with E-state index in [0.29, 0.717) is 32.2 Å². The van der Waals surface area contributed by atoms with Crippen LogP contribution in [-0.4, -0.2) is 20.4 Å². The number of amides is 1. The number of pyridine rings is 2. The van der Waals surface area contributed by atoms with Gasteiger partial charge in [0.05, 0.1) is 16.8 Å². The van der Waals surface area contributed by atoms with Gasteiger partial charge in [-0.2, -0.15) is 13.2 Å². The molecular weight excluding hydrogens is 605 g/mol. The maximum atomic E-state index is 12.9. The molecule has 1 N–H and O–H groups in total. The van der Waals surface area contributed by atoms with E-state index in [-0.39, 0.29) is 16.7 Å². The third kappa shape index (κ3) is 5.43. The lowest BCUT2D eigenvalue weighted by Crippen LogP contribution is -2.13. The maximum absolute atomic E-state index is 12.9. The first-order valence-electron chi connectivity index (χ1n) is 9.42. The van der Waals surface area contributed by atoms with E-state index in [1.54, 1.807) is 53.4 Å². The summed E-state index contributed by atoms with van der Waals surface area (Å²) in [4.78, 5) is 20.5. The molecule has 0 bridgehead atoms. The molecule has 34 heavy (non-hydrogen) atoms. The number of carbonyl (C=O) groups is 1. The molecule has 0 radical (unpaired) electrons. The number of nitrogens with zero attached hydrogens (tertiary/aromatic N) is 3. The minimum absolute atomic E-state index is 0.190. The number of aromatic nitrogens is 3. The van der Waals surface area contributed by atoms with Crippen molar-refractivity contribution in [2.45, 2.75) is 6.18 Å². The van der Waals surface area contributed by atoms with E-state index >= 15 is 0 Å². The predicted molar refractivity (Wildman–Crippen MR) is 128 cm³/mol. The summed E-state index contributed by atoms with van der Waals surface area (Å²) >= 11 is 12.6. The SMILES string of the molecule is O=C(Nc1ccc(Oc2ncc(C(F)(F)F)cc2Cl)c(-n2cccc2)c1)c1cnc(Br)cc1Br. The van der Waals surface area contributed by atoms with Crippen LogP contribution in [0.1, 0.15) is 15.9 Å². The molecule has 1 aromatic carbocycles. The Morgan fingerprint density at radius 2 is 1.79 bits per heavy atom. The van der Waals surface area contributed by atoms with E-state index < -0.39 is 17.6 Å². The van der Waals surface area contributed by atoms with E-state index in [1.807, 2.05) is 0 Å². The van der Waals surface area contributed by atoms with Gasteiger partial charge in [-0.25, -0.2) is 9.97 Å². The number of rotatable bonds is 5. The predicted octanol–water partition coefficient (Wildman–Crippen LogP) is 7.51. The number of halogens is 6. The molecule has 3 aromatic heterocycles. The summed E-state index contributed by atoms with van der Waals surface area (Å²) in [6.07, 6.45) is 0.974. The summed E-state index contributed by atoms with van der Waals surface area (Å²) in [7, 11) is 0. The van der Waals surface area contributed by atoms with Crippen molar-refractivity contribution < 1.29 is 22.7 Å². The fourth-order valence-corrected chi connectivity index (χ4v) is 4.25. The zero-order chi connectivity index (χ0) is 24.5. The van der Waals surface area contributed by atoms with Crippen LogP contribution < -0.4 is 10.1 Å². The molecule has 0 atom stereocenters. The number of alkyl halides is 3. The van der Waals surface area contributed by atoms with Crippen LogP contribution in [0.5, 0.6) is 11.6 Å². The molecule has 12 heteroatoms. The first kappa shape index (κ1) is 24.2. The summed E-state index contributed by atoms with van der Waals surface area (Å²) < 4.78 is 47.3. The van der Waals surface area contributed by atoms with Crippen molar-refractivity contribution in [1.29, 1.82) is 0 Å². The number of carbonyl (C=O) groups excluding carboxylic acids is 1. The highest BCUT2D eigenvalue weighted by atomic mass is 79.9. The van der Waals surface area contributed by atoms with Gasteiger partial charge in [0.2, 0.25) is 5.88 Å². The Kier molecular flexibility index (Phi) is 6.96. The molecule has 0 spiro atoms. The number of benzene rings is 1. The number of hydrogen-bond acceptors (Lipinski definition) is 4. The van der Waals surface area contributed by atoms with Crippen LogP contribution in [-0.2, 0) is 6.18 Å². The van der Waals surface area contributed by atoms with Gasteiger partial charge in [-0.05, 0) is 74.3 Å². The largest absolute Gasteiger partial charge is 0.435 e. The molecule has 4 rings (SSSR count). The number of hydrogen-bond donors (Lipinski definition) is 1. The molecule has 174 valence electrons. The van der Waals surface area contributed by atoms with Crippen LogP contribution in [0.25, 0.3) is 5.69 Å². The van der Waals surface area contributed by atoms with Gasteiger partial charge in [-0.3, -0.25) is 4.79 Å². The standard InChI is InChI=1S/C22H12Br2ClF3N4O2/c23-15-9-19(24)29-11-14(15)20(33)31-13-3-4-18(17(8-13)32-5-1-2-6-32)34-21-16(25)7-12(10-30-21)22(26,27)28/h1-11H,(H,31,33). The Bertz CT molecular complexity index is 1370. The minimum Gasteiger partial charge on any atom is -0.435 e. The summed E-state index contributed by atoms with van der Waals surface area (Å²) in [5.41, 5.74) is 0.282. The second kappa shape index (κ2) is 9.77. The van der Waals surface area contributed by atoms with Gasteiger partial charge in [-0.15, -0.1) is 0 Å². The minimum atomic E-state index is -4.58. The number of anilines is 1. The third-order valence-corrected chi connectivity index (χ3v) is 5.87. The summed E-state index contributed by atoms with van der Waals surface area (Å²) in [5, 5.41) is 2.49. The Labute approximate surface area is 213 Å². The number of nitrogens with one attached hydrogen (secondary N) is 1. The van der Waals surface area contributed by atoms with Crippen LogP contribution in [0.4, 0.5) is 18.9 Å². The van der Waals surface area contributed by atoms with Gasteiger partial charge in [0.15, 0.2) is 5.75 Å². The van der Waals surface area contributed by atoms with E-state index in [1.165, 1.54) is 6.20 Å². The van der Waals surface area contributed by atoms with Crippen LogP contribution in [0.2, 0.25) is 5.02 Å². The van der Waals surface area contributed by atoms with Crippen molar-refractivity contribution in [3.05, 3.63) is 92.5 Å². The molecular formula is C22H12Br2ClF3N4O2. The Balaban J connectivity index is 1.65. The van der Waals surface area contributed by atoms with Crippen molar-refractivity contribution in [3.63, 3.8) is 0 Å². The monoisotopic (exact) mass is 614 g/mol. The first-order chi connectivity index (χ1) is 16.1. The highest BCUT2D eigenvalue weighted by molar-refractivity contribution is 9.11. The molecule has 3 heterocycles. The lowest BCUT2D eigenvalue weighted by molar-refractivity contribution is -0.137. The first-order valence-corrected chi connectivity index (χ1v) is 11.4. The molecule has 4 aromatic rings. The molecule has 0 saturated carbocycles. The second-order valence-corrected chi connectivity index (χ2v) is 8.90. The molecule has 6 nitrogen and oxygen atoms in total. The molecule has 0 saturated heterocycles. The molecule has 0 aliphatic rings. The van der Waals surface area contributed by atoms with Crippen molar-refractivity contribution >= 4 is 55.1 Å². The zero-order valence-corrected chi connectivity index (χ0v) is 20.7. The van der Waals surface area contributed by atoms with Gasteiger partial charge < -0.3 is 14.6 Å². The second-order valence-electron chi connectivity index (χ2n) is 6.82. The fraction of sp³-hybridized carbons (Fsp3) is 0.0455. The molecule has 0 fully saturated rings. The van der Waals surface area contributed by atoms with Crippen LogP contribution in [0, 0.1) is 0 Å². The van der Waals surface area contributed by atoms with Crippen molar-refractivity contribution in [2.75, 3.05) is 5.32 Å². The molecule has 0 aliphatic heterocycles.